The third kappa shape index (κ3) is 3.97. The Morgan fingerprint density at radius 1 is 0.839 bits per heavy atom. The molecule has 0 fully saturated rings. The highest BCUT2D eigenvalue weighted by atomic mass is 35.5. The zero-order valence-corrected chi connectivity index (χ0v) is 18.1. The van der Waals surface area contributed by atoms with Crippen molar-refractivity contribution in [1.29, 1.82) is 0 Å². The van der Waals surface area contributed by atoms with Crippen molar-refractivity contribution in [3.63, 3.8) is 0 Å². The van der Waals surface area contributed by atoms with Gasteiger partial charge in [0.2, 0.25) is 0 Å². The molecule has 8 heteroatoms. The molecule has 6 nitrogen and oxygen atoms in total. The summed E-state index contributed by atoms with van der Waals surface area (Å²) in [6.07, 6.45) is 5.10. The molecule has 0 saturated carbocycles. The maximum atomic E-state index is 6.07. The van der Waals surface area contributed by atoms with Crippen molar-refractivity contribution in [2.24, 2.45) is 7.05 Å². The lowest BCUT2D eigenvalue weighted by Gasteiger charge is -2.08. The minimum absolute atomic E-state index is 0.714. The Labute approximate surface area is 188 Å². The van der Waals surface area contributed by atoms with Gasteiger partial charge in [0.25, 0.3) is 0 Å². The van der Waals surface area contributed by atoms with Crippen LogP contribution in [0.3, 0.4) is 0 Å². The molecule has 0 radical (unpaired) electrons. The summed E-state index contributed by atoms with van der Waals surface area (Å²) in [5, 5.41) is 10.1. The van der Waals surface area contributed by atoms with Crippen LogP contribution in [0.15, 0.2) is 95.2 Å². The largest absolute Gasteiger partial charge is 0.320 e. The molecule has 3 heterocycles. The van der Waals surface area contributed by atoms with Gasteiger partial charge in [-0.15, -0.1) is 0 Å². The fourth-order valence-electron chi connectivity index (χ4n) is 3.23. The van der Waals surface area contributed by atoms with E-state index in [9.17, 15) is 0 Å². The molecule has 0 aliphatic heterocycles. The molecular weight excluding hydrogens is 428 g/mol. The van der Waals surface area contributed by atoms with Crippen LogP contribution in [-0.4, -0.2) is 29.5 Å². The normalized spacial score (nSPS) is 11.0. The van der Waals surface area contributed by atoms with Crippen molar-refractivity contribution in [3.8, 4) is 28.5 Å². The number of pyridine rings is 1. The zero-order valence-electron chi connectivity index (χ0n) is 16.6. The summed E-state index contributed by atoms with van der Waals surface area (Å²) >= 11 is 7.71. The van der Waals surface area contributed by atoms with Gasteiger partial charge < -0.3 is 4.57 Å². The molecule has 5 rings (SSSR count). The van der Waals surface area contributed by atoms with E-state index < -0.39 is 0 Å². The number of benzene rings is 2. The molecule has 0 spiro atoms. The zero-order chi connectivity index (χ0) is 21.2. The molecule has 0 aliphatic carbocycles. The predicted molar refractivity (Wildman–Crippen MR) is 122 cm³/mol. The molecule has 2 aromatic carbocycles. The van der Waals surface area contributed by atoms with Gasteiger partial charge in [-0.2, -0.15) is 15.0 Å². The van der Waals surface area contributed by atoms with Gasteiger partial charge in [0.05, 0.1) is 18.1 Å². The van der Waals surface area contributed by atoms with Crippen LogP contribution in [0.2, 0.25) is 5.02 Å². The van der Waals surface area contributed by atoms with Gasteiger partial charge in [-0.1, -0.05) is 41.6 Å². The van der Waals surface area contributed by atoms with Crippen LogP contribution in [0.5, 0.6) is 0 Å². The number of hydrogen-bond donors (Lipinski definition) is 0. The van der Waals surface area contributed by atoms with Gasteiger partial charge in [-0.3, -0.25) is 4.98 Å². The Morgan fingerprint density at radius 3 is 2.26 bits per heavy atom. The van der Waals surface area contributed by atoms with Gasteiger partial charge in [0.1, 0.15) is 16.4 Å². The number of imidazole rings is 1. The molecule has 0 aliphatic rings. The maximum absolute atomic E-state index is 6.07. The molecule has 3 aromatic heterocycles. The first-order valence-electron chi connectivity index (χ1n) is 9.58. The molecule has 0 bridgehead atoms. The predicted octanol–water partition coefficient (Wildman–Crippen LogP) is 5.53. The van der Waals surface area contributed by atoms with Crippen molar-refractivity contribution < 1.29 is 0 Å². The Bertz CT molecular complexity index is 1300. The van der Waals surface area contributed by atoms with Gasteiger partial charge in [-0.25, -0.2) is 4.98 Å². The third-order valence-electron chi connectivity index (χ3n) is 4.76. The average molecular weight is 445 g/mol. The van der Waals surface area contributed by atoms with Crippen molar-refractivity contribution in [3.05, 3.63) is 90.3 Å². The van der Waals surface area contributed by atoms with E-state index in [0.29, 0.717) is 5.02 Å². The maximum Gasteiger partial charge on any atom is 0.159 e. The smallest absolute Gasteiger partial charge is 0.159 e. The lowest BCUT2D eigenvalue weighted by Crippen LogP contribution is -1.97. The van der Waals surface area contributed by atoms with E-state index in [2.05, 4.69) is 19.7 Å². The monoisotopic (exact) mass is 444 g/mol. The number of nitrogens with zero attached hydrogens (tertiary/aromatic N) is 6. The number of halogens is 1. The van der Waals surface area contributed by atoms with E-state index in [4.69, 9.17) is 16.6 Å². The van der Waals surface area contributed by atoms with E-state index in [1.165, 1.54) is 0 Å². The molecule has 0 N–H and O–H groups in total. The molecule has 0 saturated heterocycles. The Kier molecular flexibility index (Phi) is 5.28. The van der Waals surface area contributed by atoms with Crippen molar-refractivity contribution in [2.75, 3.05) is 0 Å². The van der Waals surface area contributed by atoms with Crippen molar-refractivity contribution in [1.82, 2.24) is 29.5 Å². The Hall–Kier alpha value is -3.42. The summed E-state index contributed by atoms with van der Waals surface area (Å²) in [6, 6.07) is 21.7. The number of rotatable bonds is 5. The quantitative estimate of drug-likeness (QED) is 0.356. The van der Waals surface area contributed by atoms with Gasteiger partial charge in [0.15, 0.2) is 5.82 Å². The lowest BCUT2D eigenvalue weighted by molar-refractivity contribution is 0.752. The molecule has 31 heavy (non-hydrogen) atoms. The third-order valence-corrected chi connectivity index (χ3v) is 6.18. The molecule has 152 valence electrons. The van der Waals surface area contributed by atoms with Crippen LogP contribution in [0.25, 0.3) is 28.5 Å². The van der Waals surface area contributed by atoms with Crippen LogP contribution in [0, 0.1) is 0 Å². The highest BCUT2D eigenvalue weighted by molar-refractivity contribution is 7.99. The van der Waals surface area contributed by atoms with E-state index in [0.717, 1.165) is 38.4 Å². The van der Waals surface area contributed by atoms with Gasteiger partial charge in [0, 0.05) is 28.7 Å². The van der Waals surface area contributed by atoms with Crippen molar-refractivity contribution >= 4 is 23.4 Å². The summed E-state index contributed by atoms with van der Waals surface area (Å²) in [5.74, 6) is 0.810. The summed E-state index contributed by atoms with van der Waals surface area (Å²) in [6.45, 7) is 0. The fourth-order valence-corrected chi connectivity index (χ4v) is 4.33. The lowest BCUT2D eigenvalue weighted by atomic mass is 10.1. The van der Waals surface area contributed by atoms with Crippen LogP contribution in [0.4, 0.5) is 0 Å². The Morgan fingerprint density at radius 2 is 1.58 bits per heavy atom. The van der Waals surface area contributed by atoms with E-state index in [1.54, 1.807) is 35.1 Å². The van der Waals surface area contributed by atoms with Crippen LogP contribution in [0.1, 0.15) is 0 Å². The van der Waals surface area contributed by atoms with E-state index >= 15 is 0 Å². The summed E-state index contributed by atoms with van der Waals surface area (Å²) in [4.78, 5) is 12.1. The van der Waals surface area contributed by atoms with Gasteiger partial charge in [-0.05, 0) is 48.5 Å². The van der Waals surface area contributed by atoms with Crippen LogP contribution in [-0.2, 0) is 7.05 Å². The molecule has 5 aromatic rings. The Balaban J connectivity index is 1.60. The average Bonchev–Trinajstić information content (AvgIpc) is 3.45. The van der Waals surface area contributed by atoms with Crippen LogP contribution >= 0.6 is 23.4 Å². The fraction of sp³-hybridized carbons (Fsp3) is 0.0435. The first kappa shape index (κ1) is 19.5. The summed E-state index contributed by atoms with van der Waals surface area (Å²) < 4.78 is 2.08. The number of aromatic nitrogens is 6. The SMILES string of the molecule is Cn1c(-c2ccccn2)nc(-c2ccc(-n3nccn3)cc2)c1Sc1ccc(Cl)cc1. The van der Waals surface area contributed by atoms with E-state index in [-0.39, 0.29) is 0 Å². The second kappa shape index (κ2) is 8.37. The summed E-state index contributed by atoms with van der Waals surface area (Å²) in [7, 11) is 2.01. The molecule has 0 unspecified atom stereocenters. The topological polar surface area (TPSA) is 61.4 Å². The number of hydrogen-bond acceptors (Lipinski definition) is 5. The molecular formula is C23H17ClN6S. The van der Waals surface area contributed by atoms with E-state index in [1.807, 2.05) is 73.8 Å². The second-order valence-corrected chi connectivity index (χ2v) is 8.28. The highest BCUT2D eigenvalue weighted by Crippen LogP contribution is 2.38. The first-order chi connectivity index (χ1) is 15.2. The standard InChI is InChI=1S/C23H17ClN6S/c1-29-22(20-4-2-3-13-25-20)28-21(23(29)31-19-11-7-17(24)8-12-19)16-5-9-18(10-6-16)30-26-14-15-27-30/h2-15H,1H3. The highest BCUT2D eigenvalue weighted by Gasteiger charge is 2.19. The first-order valence-corrected chi connectivity index (χ1v) is 10.8. The second-order valence-electron chi connectivity index (χ2n) is 6.78. The minimum Gasteiger partial charge on any atom is -0.320 e. The molecule has 0 atom stereocenters. The minimum atomic E-state index is 0.714. The van der Waals surface area contributed by atoms with Gasteiger partial charge >= 0.3 is 0 Å². The molecule has 0 amide bonds. The summed E-state index contributed by atoms with van der Waals surface area (Å²) in [5.41, 5.74) is 3.61. The van der Waals surface area contributed by atoms with Crippen LogP contribution < -0.4 is 0 Å². The van der Waals surface area contributed by atoms with Crippen molar-refractivity contribution in [2.45, 2.75) is 9.92 Å².